The maximum atomic E-state index is 6.13. The van der Waals surface area contributed by atoms with Gasteiger partial charge in [0.15, 0.2) is 0 Å². The van der Waals surface area contributed by atoms with Crippen molar-refractivity contribution in [2.24, 2.45) is 0 Å². The molecule has 1 aromatic carbocycles. The number of rotatable bonds is 3. The second-order valence-corrected chi connectivity index (χ2v) is 5.83. The van der Waals surface area contributed by atoms with Crippen LogP contribution in [-0.4, -0.2) is 16.1 Å². The molecular formula is C10H7BrCl2N2S. The van der Waals surface area contributed by atoms with Crippen LogP contribution in [0.2, 0.25) is 5.02 Å². The van der Waals surface area contributed by atoms with Gasteiger partial charge in [-0.1, -0.05) is 38.9 Å². The molecule has 2 nitrogen and oxygen atoms in total. The molecule has 0 radical (unpaired) electrons. The van der Waals surface area contributed by atoms with Gasteiger partial charge in [0.05, 0.1) is 5.02 Å². The molecule has 2 aromatic rings. The third kappa shape index (κ3) is 2.74. The number of halogens is 3. The van der Waals surface area contributed by atoms with E-state index in [9.17, 15) is 0 Å². The largest absolute Gasteiger partial charge is 0.149 e. The third-order valence-corrected chi connectivity index (χ3v) is 3.95. The van der Waals surface area contributed by atoms with E-state index < -0.39 is 0 Å². The van der Waals surface area contributed by atoms with Crippen LogP contribution in [0.15, 0.2) is 22.7 Å². The molecule has 16 heavy (non-hydrogen) atoms. The van der Waals surface area contributed by atoms with E-state index in [1.165, 1.54) is 11.3 Å². The van der Waals surface area contributed by atoms with Gasteiger partial charge in [0.2, 0.25) is 0 Å². The number of alkyl halides is 1. The minimum Gasteiger partial charge on any atom is -0.143 e. The molecule has 0 saturated carbocycles. The summed E-state index contributed by atoms with van der Waals surface area (Å²) in [4.78, 5) is 0. The Morgan fingerprint density at radius 2 is 2.12 bits per heavy atom. The first-order valence-corrected chi connectivity index (χ1v) is 7.06. The highest BCUT2D eigenvalue weighted by Gasteiger charge is 2.09. The molecule has 1 aromatic heterocycles. The van der Waals surface area contributed by atoms with E-state index in [-0.39, 0.29) is 0 Å². The second-order valence-electron chi connectivity index (χ2n) is 3.06. The number of hydrogen-bond acceptors (Lipinski definition) is 3. The van der Waals surface area contributed by atoms with Crippen LogP contribution in [0, 0.1) is 0 Å². The number of hydrogen-bond donors (Lipinski definition) is 0. The molecule has 0 aliphatic carbocycles. The van der Waals surface area contributed by atoms with Crippen LogP contribution in [0.3, 0.4) is 0 Å². The zero-order chi connectivity index (χ0) is 11.5. The van der Waals surface area contributed by atoms with Gasteiger partial charge in [-0.2, -0.15) is 0 Å². The molecule has 0 aliphatic rings. The summed E-state index contributed by atoms with van der Waals surface area (Å²) >= 11 is 16.7. The highest BCUT2D eigenvalue weighted by atomic mass is 79.9. The summed E-state index contributed by atoms with van der Waals surface area (Å²) in [6.07, 6.45) is 0.743. The van der Waals surface area contributed by atoms with Crippen LogP contribution in [0.1, 0.15) is 5.01 Å². The van der Waals surface area contributed by atoms with Gasteiger partial charge in [-0.25, -0.2) is 0 Å². The molecular weight excluding hydrogens is 331 g/mol. The molecule has 0 bridgehead atoms. The van der Waals surface area contributed by atoms with Crippen molar-refractivity contribution in [1.29, 1.82) is 0 Å². The van der Waals surface area contributed by atoms with E-state index in [4.69, 9.17) is 23.2 Å². The fourth-order valence-electron chi connectivity index (χ4n) is 1.21. The molecule has 0 saturated heterocycles. The number of aryl methyl sites for hydroxylation is 1. The molecule has 1 heterocycles. The van der Waals surface area contributed by atoms with Crippen molar-refractivity contribution in [3.63, 3.8) is 0 Å². The van der Waals surface area contributed by atoms with Crippen molar-refractivity contribution in [3.8, 4) is 10.6 Å². The molecule has 0 aliphatic heterocycles. The third-order valence-electron chi connectivity index (χ3n) is 1.94. The van der Waals surface area contributed by atoms with Crippen LogP contribution in [0.25, 0.3) is 10.6 Å². The fraction of sp³-hybridized carbons (Fsp3) is 0.200. The lowest BCUT2D eigenvalue weighted by atomic mass is 10.2. The van der Waals surface area contributed by atoms with Gasteiger partial charge < -0.3 is 0 Å². The standard InChI is InChI=1S/C10H7BrCl2N2S/c11-6-1-2-7(8(13)5-6)10-15-14-9(16-10)3-4-12/h1-2,5H,3-4H2. The van der Waals surface area contributed by atoms with E-state index in [0.29, 0.717) is 10.9 Å². The van der Waals surface area contributed by atoms with Crippen molar-refractivity contribution in [2.75, 3.05) is 5.88 Å². The molecule has 0 N–H and O–H groups in total. The van der Waals surface area contributed by atoms with Crippen molar-refractivity contribution >= 4 is 50.5 Å². The highest BCUT2D eigenvalue weighted by molar-refractivity contribution is 9.10. The fourth-order valence-corrected chi connectivity index (χ4v) is 3.20. The highest BCUT2D eigenvalue weighted by Crippen LogP contribution is 2.32. The smallest absolute Gasteiger partial charge is 0.143 e. The Kier molecular flexibility index (Phi) is 4.19. The predicted molar refractivity (Wildman–Crippen MR) is 72.5 cm³/mol. The summed E-state index contributed by atoms with van der Waals surface area (Å²) in [6, 6.07) is 5.71. The molecule has 84 valence electrons. The monoisotopic (exact) mass is 336 g/mol. The topological polar surface area (TPSA) is 25.8 Å². The van der Waals surface area contributed by atoms with Crippen LogP contribution >= 0.6 is 50.5 Å². The Hall–Kier alpha value is -0.160. The summed E-state index contributed by atoms with van der Waals surface area (Å²) in [5.41, 5.74) is 0.906. The molecule has 0 unspecified atom stereocenters. The van der Waals surface area contributed by atoms with E-state index in [0.717, 1.165) is 26.5 Å². The van der Waals surface area contributed by atoms with E-state index >= 15 is 0 Å². The van der Waals surface area contributed by atoms with Crippen molar-refractivity contribution in [1.82, 2.24) is 10.2 Å². The Morgan fingerprint density at radius 3 is 2.81 bits per heavy atom. The predicted octanol–water partition coefficient (Wildman–Crippen LogP) is 4.40. The zero-order valence-corrected chi connectivity index (χ0v) is 12.0. The Morgan fingerprint density at radius 1 is 1.31 bits per heavy atom. The molecule has 6 heteroatoms. The van der Waals surface area contributed by atoms with Crippen LogP contribution in [0.4, 0.5) is 0 Å². The second kappa shape index (κ2) is 5.45. The van der Waals surface area contributed by atoms with E-state index in [1.807, 2.05) is 18.2 Å². The zero-order valence-electron chi connectivity index (χ0n) is 8.08. The average Bonchev–Trinajstić information content (AvgIpc) is 2.67. The lowest BCUT2D eigenvalue weighted by Gasteiger charge is -1.99. The van der Waals surface area contributed by atoms with Crippen LogP contribution in [-0.2, 0) is 6.42 Å². The first-order valence-electron chi connectivity index (χ1n) is 4.54. The quantitative estimate of drug-likeness (QED) is 0.775. The van der Waals surface area contributed by atoms with Crippen molar-refractivity contribution < 1.29 is 0 Å². The van der Waals surface area contributed by atoms with E-state index in [2.05, 4.69) is 26.1 Å². The average molecular weight is 338 g/mol. The molecule has 2 rings (SSSR count). The number of benzene rings is 1. The van der Waals surface area contributed by atoms with Crippen LogP contribution < -0.4 is 0 Å². The maximum absolute atomic E-state index is 6.13. The lowest BCUT2D eigenvalue weighted by Crippen LogP contribution is -1.83. The first kappa shape index (κ1) is 12.3. The molecule has 0 amide bonds. The summed E-state index contributed by atoms with van der Waals surface area (Å²) in [5, 5.41) is 10.6. The summed E-state index contributed by atoms with van der Waals surface area (Å²) < 4.78 is 0.951. The molecule has 0 spiro atoms. The van der Waals surface area contributed by atoms with Gasteiger partial charge in [0, 0.05) is 22.3 Å². The van der Waals surface area contributed by atoms with Gasteiger partial charge in [0.25, 0.3) is 0 Å². The van der Waals surface area contributed by atoms with Crippen molar-refractivity contribution in [3.05, 3.63) is 32.7 Å². The Balaban J connectivity index is 2.35. The SMILES string of the molecule is ClCCc1nnc(-c2ccc(Br)cc2Cl)s1. The van der Waals surface area contributed by atoms with Gasteiger partial charge >= 0.3 is 0 Å². The first-order chi connectivity index (χ1) is 7.70. The summed E-state index contributed by atoms with van der Waals surface area (Å²) in [6.45, 7) is 0. The van der Waals surface area contributed by atoms with Gasteiger partial charge in [-0.3, -0.25) is 0 Å². The Labute approximate surface area is 116 Å². The van der Waals surface area contributed by atoms with Gasteiger partial charge in [-0.15, -0.1) is 21.8 Å². The molecule has 0 atom stereocenters. The minimum atomic E-state index is 0.558. The summed E-state index contributed by atoms with van der Waals surface area (Å²) in [7, 11) is 0. The van der Waals surface area contributed by atoms with Crippen molar-refractivity contribution in [2.45, 2.75) is 6.42 Å². The summed E-state index contributed by atoms with van der Waals surface area (Å²) in [5.74, 6) is 0.558. The maximum Gasteiger partial charge on any atom is 0.149 e. The number of nitrogens with zero attached hydrogens (tertiary/aromatic N) is 2. The van der Waals surface area contributed by atoms with E-state index in [1.54, 1.807) is 0 Å². The van der Waals surface area contributed by atoms with Gasteiger partial charge in [-0.05, 0) is 18.2 Å². The molecule has 0 fully saturated rings. The normalized spacial score (nSPS) is 10.7. The Bertz CT molecular complexity index is 501. The lowest BCUT2D eigenvalue weighted by molar-refractivity contribution is 0.990. The minimum absolute atomic E-state index is 0.558. The number of aromatic nitrogens is 2. The van der Waals surface area contributed by atoms with Gasteiger partial charge in [0.1, 0.15) is 10.0 Å². The van der Waals surface area contributed by atoms with Crippen LogP contribution in [0.5, 0.6) is 0 Å².